The van der Waals surface area contributed by atoms with Gasteiger partial charge in [-0.3, -0.25) is 0 Å². The number of unbranched alkanes of at least 4 members (excludes halogenated alkanes) is 1. The zero-order valence-corrected chi connectivity index (χ0v) is 6.95. The summed E-state index contributed by atoms with van der Waals surface area (Å²) >= 11 is 0. The molecule has 0 saturated carbocycles. The molecule has 1 rings (SSSR count). The Morgan fingerprint density at radius 3 is 3.00 bits per heavy atom. The van der Waals surface area contributed by atoms with Crippen molar-refractivity contribution >= 4 is 5.70 Å². The van der Waals surface area contributed by atoms with Crippen LogP contribution in [0.25, 0.3) is 5.70 Å². The molecule has 2 nitrogen and oxygen atoms in total. The molecule has 0 bridgehead atoms. The molecule has 0 aliphatic carbocycles. The van der Waals surface area contributed by atoms with Gasteiger partial charge in [-0.25, -0.2) is 4.98 Å². The Balaban J connectivity index is 2.43. The fraction of sp³-hybridized carbons (Fsp3) is 0.444. The van der Waals surface area contributed by atoms with Gasteiger partial charge in [-0.15, -0.1) is 0 Å². The van der Waals surface area contributed by atoms with Gasteiger partial charge in [0.15, 0.2) is 0 Å². The summed E-state index contributed by atoms with van der Waals surface area (Å²) in [5.41, 5.74) is 1.13. The summed E-state index contributed by atoms with van der Waals surface area (Å²) < 4.78 is 1.97. The third-order valence-corrected chi connectivity index (χ3v) is 1.69. The first-order valence-electron chi connectivity index (χ1n) is 4.00. The summed E-state index contributed by atoms with van der Waals surface area (Å²) in [6, 6.07) is 0. The zero-order valence-electron chi connectivity index (χ0n) is 6.95. The number of hydrogen-bond donors (Lipinski definition) is 0. The second-order valence-electron chi connectivity index (χ2n) is 2.64. The molecule has 1 heterocycles. The van der Waals surface area contributed by atoms with Crippen LogP contribution in [-0.2, 0) is 0 Å². The molecule has 0 amide bonds. The number of nitrogens with zero attached hydrogens (tertiary/aromatic N) is 2. The molecule has 0 saturated heterocycles. The number of allylic oxidation sites excluding steroid dienone is 1. The summed E-state index contributed by atoms with van der Waals surface area (Å²) in [5.74, 6) is 0. The summed E-state index contributed by atoms with van der Waals surface area (Å²) in [6.07, 6.45) is 8.98. The predicted octanol–water partition coefficient (Wildman–Crippen LogP) is 2.54. The predicted molar refractivity (Wildman–Crippen MR) is 47.1 cm³/mol. The topological polar surface area (TPSA) is 17.8 Å². The second-order valence-corrected chi connectivity index (χ2v) is 2.64. The molecule has 0 atom stereocenters. The lowest BCUT2D eigenvalue weighted by Gasteiger charge is -2.03. The molecular weight excluding hydrogens is 136 g/mol. The highest BCUT2D eigenvalue weighted by atomic mass is 15.0. The van der Waals surface area contributed by atoms with E-state index in [0.717, 1.165) is 12.1 Å². The standard InChI is InChI=1S/C9H14N2/c1-3-4-5-9(2)11-7-6-10-8-11/h6-8H,2-5H2,1H3. The van der Waals surface area contributed by atoms with Gasteiger partial charge >= 0.3 is 0 Å². The molecule has 11 heavy (non-hydrogen) atoms. The molecular formula is C9H14N2. The molecule has 0 radical (unpaired) electrons. The van der Waals surface area contributed by atoms with Crippen LogP contribution in [0.15, 0.2) is 25.3 Å². The van der Waals surface area contributed by atoms with Gasteiger partial charge in [-0.1, -0.05) is 19.9 Å². The van der Waals surface area contributed by atoms with Crippen LogP contribution >= 0.6 is 0 Å². The maximum Gasteiger partial charge on any atom is 0.0988 e. The van der Waals surface area contributed by atoms with Crippen molar-refractivity contribution in [3.63, 3.8) is 0 Å². The summed E-state index contributed by atoms with van der Waals surface area (Å²) in [7, 11) is 0. The minimum absolute atomic E-state index is 1.06. The van der Waals surface area contributed by atoms with E-state index in [1.54, 1.807) is 12.5 Å². The molecule has 1 aromatic heterocycles. The van der Waals surface area contributed by atoms with Crippen LogP contribution in [0.5, 0.6) is 0 Å². The van der Waals surface area contributed by atoms with Crippen molar-refractivity contribution < 1.29 is 0 Å². The van der Waals surface area contributed by atoms with E-state index in [2.05, 4.69) is 18.5 Å². The third kappa shape index (κ3) is 2.22. The Labute approximate surface area is 67.6 Å². The van der Waals surface area contributed by atoms with Crippen molar-refractivity contribution in [2.24, 2.45) is 0 Å². The van der Waals surface area contributed by atoms with Gasteiger partial charge in [0.1, 0.15) is 0 Å². The van der Waals surface area contributed by atoms with E-state index in [4.69, 9.17) is 0 Å². The largest absolute Gasteiger partial charge is 0.311 e. The van der Waals surface area contributed by atoms with Crippen LogP contribution in [0.2, 0.25) is 0 Å². The van der Waals surface area contributed by atoms with E-state index in [1.165, 1.54) is 12.8 Å². The van der Waals surface area contributed by atoms with E-state index >= 15 is 0 Å². The molecule has 0 aliphatic heterocycles. The molecule has 60 valence electrons. The van der Waals surface area contributed by atoms with Crippen LogP contribution in [0.4, 0.5) is 0 Å². The fourth-order valence-corrected chi connectivity index (χ4v) is 0.956. The average Bonchev–Trinajstić information content (AvgIpc) is 2.52. The number of hydrogen-bond acceptors (Lipinski definition) is 1. The van der Waals surface area contributed by atoms with E-state index < -0.39 is 0 Å². The lowest BCUT2D eigenvalue weighted by Crippen LogP contribution is -1.91. The van der Waals surface area contributed by atoms with Crippen molar-refractivity contribution in [2.45, 2.75) is 26.2 Å². The first-order chi connectivity index (χ1) is 5.34. The highest BCUT2D eigenvalue weighted by Crippen LogP contribution is 2.09. The summed E-state index contributed by atoms with van der Waals surface area (Å²) in [4.78, 5) is 3.95. The van der Waals surface area contributed by atoms with Crippen molar-refractivity contribution in [1.82, 2.24) is 9.55 Å². The monoisotopic (exact) mass is 150 g/mol. The Morgan fingerprint density at radius 1 is 1.64 bits per heavy atom. The number of rotatable bonds is 4. The van der Waals surface area contributed by atoms with Gasteiger partial charge in [0.05, 0.1) is 6.33 Å². The van der Waals surface area contributed by atoms with Crippen LogP contribution in [0.3, 0.4) is 0 Å². The first kappa shape index (κ1) is 8.05. The zero-order chi connectivity index (χ0) is 8.10. The van der Waals surface area contributed by atoms with E-state index in [-0.39, 0.29) is 0 Å². The SMILES string of the molecule is C=C(CCCC)n1ccnc1. The van der Waals surface area contributed by atoms with Gasteiger partial charge in [-0.05, 0) is 12.8 Å². The third-order valence-electron chi connectivity index (χ3n) is 1.69. The van der Waals surface area contributed by atoms with Crippen LogP contribution in [0, 0.1) is 0 Å². The highest BCUT2D eigenvalue weighted by molar-refractivity contribution is 5.40. The minimum Gasteiger partial charge on any atom is -0.311 e. The summed E-state index contributed by atoms with van der Waals surface area (Å²) in [6.45, 7) is 6.14. The normalized spacial score (nSPS) is 9.91. The van der Waals surface area contributed by atoms with Crippen LogP contribution in [-0.4, -0.2) is 9.55 Å². The van der Waals surface area contributed by atoms with E-state index in [9.17, 15) is 0 Å². The highest BCUT2D eigenvalue weighted by Gasteiger charge is 1.94. The lowest BCUT2D eigenvalue weighted by atomic mass is 10.2. The molecule has 0 N–H and O–H groups in total. The Hall–Kier alpha value is -1.05. The molecule has 1 aromatic rings. The smallest absolute Gasteiger partial charge is 0.0988 e. The molecule has 0 unspecified atom stereocenters. The molecule has 0 aliphatic rings. The fourth-order valence-electron chi connectivity index (χ4n) is 0.956. The average molecular weight is 150 g/mol. The van der Waals surface area contributed by atoms with Gasteiger partial charge in [0.2, 0.25) is 0 Å². The minimum atomic E-state index is 1.06. The van der Waals surface area contributed by atoms with Crippen LogP contribution in [0.1, 0.15) is 26.2 Å². The summed E-state index contributed by atoms with van der Waals surface area (Å²) in [5, 5.41) is 0. The number of imidazole rings is 1. The second kappa shape index (κ2) is 3.96. The lowest BCUT2D eigenvalue weighted by molar-refractivity contribution is 0.798. The van der Waals surface area contributed by atoms with Crippen molar-refractivity contribution in [3.8, 4) is 0 Å². The Kier molecular flexibility index (Phi) is 2.90. The maximum absolute atomic E-state index is 3.96. The first-order valence-corrected chi connectivity index (χ1v) is 4.00. The quantitative estimate of drug-likeness (QED) is 0.645. The van der Waals surface area contributed by atoms with Gasteiger partial charge in [0.25, 0.3) is 0 Å². The van der Waals surface area contributed by atoms with Crippen molar-refractivity contribution in [2.75, 3.05) is 0 Å². The maximum atomic E-state index is 3.96. The number of aromatic nitrogens is 2. The molecule has 2 heteroatoms. The van der Waals surface area contributed by atoms with Gasteiger partial charge in [-0.2, -0.15) is 0 Å². The van der Waals surface area contributed by atoms with Gasteiger partial charge < -0.3 is 4.57 Å². The van der Waals surface area contributed by atoms with E-state index in [1.807, 2.05) is 10.8 Å². The van der Waals surface area contributed by atoms with Crippen molar-refractivity contribution in [3.05, 3.63) is 25.3 Å². The van der Waals surface area contributed by atoms with Gasteiger partial charge in [0, 0.05) is 18.1 Å². The van der Waals surface area contributed by atoms with E-state index in [0.29, 0.717) is 0 Å². The molecule has 0 fully saturated rings. The molecule has 0 spiro atoms. The Morgan fingerprint density at radius 2 is 2.45 bits per heavy atom. The van der Waals surface area contributed by atoms with Crippen LogP contribution < -0.4 is 0 Å². The Bertz CT molecular complexity index is 211. The van der Waals surface area contributed by atoms with Crippen molar-refractivity contribution in [1.29, 1.82) is 0 Å². The molecule has 0 aromatic carbocycles.